The van der Waals surface area contributed by atoms with E-state index in [0.717, 1.165) is 30.9 Å². The minimum Gasteiger partial charge on any atom is -0.497 e. The summed E-state index contributed by atoms with van der Waals surface area (Å²) in [6.07, 6.45) is 3.52. The maximum absolute atomic E-state index is 11.8. The van der Waals surface area contributed by atoms with Gasteiger partial charge in [-0.1, -0.05) is 6.07 Å². The highest BCUT2D eigenvalue weighted by atomic mass is 16.5. The molecule has 1 aromatic carbocycles. The van der Waals surface area contributed by atoms with Crippen LogP contribution in [0.5, 0.6) is 5.75 Å². The highest BCUT2D eigenvalue weighted by Crippen LogP contribution is 2.16. The van der Waals surface area contributed by atoms with Gasteiger partial charge in [0.1, 0.15) is 5.75 Å². The van der Waals surface area contributed by atoms with E-state index in [1.165, 1.54) is 12.8 Å². The normalized spacial score (nSPS) is 18.4. The van der Waals surface area contributed by atoms with Crippen molar-refractivity contribution in [1.29, 1.82) is 0 Å². The molecule has 1 aromatic rings. The number of carbonyl (C=O) groups excluding carboxylic acids is 1. The number of piperidine rings is 1. The summed E-state index contributed by atoms with van der Waals surface area (Å²) in [6, 6.07) is 7.17. The maximum atomic E-state index is 11.8. The summed E-state index contributed by atoms with van der Waals surface area (Å²) >= 11 is 0. The Morgan fingerprint density at radius 3 is 3.15 bits per heavy atom. The Labute approximate surface area is 120 Å². The van der Waals surface area contributed by atoms with Crippen molar-refractivity contribution in [2.75, 3.05) is 32.1 Å². The fourth-order valence-corrected chi connectivity index (χ4v) is 2.44. The van der Waals surface area contributed by atoms with Crippen molar-refractivity contribution in [2.45, 2.75) is 19.3 Å². The molecule has 1 unspecified atom stereocenters. The van der Waals surface area contributed by atoms with E-state index in [1.807, 2.05) is 18.2 Å². The number of nitrogens with one attached hydrogen (secondary N) is 3. The number of amides is 2. The monoisotopic (exact) mass is 277 g/mol. The van der Waals surface area contributed by atoms with Gasteiger partial charge in [-0.3, -0.25) is 0 Å². The van der Waals surface area contributed by atoms with Crippen molar-refractivity contribution in [3.05, 3.63) is 24.3 Å². The number of carbonyl (C=O) groups is 1. The average molecular weight is 277 g/mol. The molecule has 1 aliphatic heterocycles. The molecule has 20 heavy (non-hydrogen) atoms. The number of hydrogen-bond acceptors (Lipinski definition) is 3. The third kappa shape index (κ3) is 4.74. The SMILES string of the molecule is COc1cccc(NC(=O)NCCC2CCCNC2)c1. The largest absolute Gasteiger partial charge is 0.497 e. The zero-order chi connectivity index (χ0) is 14.2. The van der Waals surface area contributed by atoms with Crippen molar-refractivity contribution >= 4 is 11.7 Å². The Bertz CT molecular complexity index is 431. The van der Waals surface area contributed by atoms with E-state index in [2.05, 4.69) is 16.0 Å². The van der Waals surface area contributed by atoms with Gasteiger partial charge in [-0.15, -0.1) is 0 Å². The van der Waals surface area contributed by atoms with Gasteiger partial charge in [-0.05, 0) is 50.4 Å². The van der Waals surface area contributed by atoms with Gasteiger partial charge in [0, 0.05) is 18.3 Å². The molecular formula is C15H23N3O2. The van der Waals surface area contributed by atoms with Gasteiger partial charge in [-0.25, -0.2) is 4.79 Å². The van der Waals surface area contributed by atoms with Crippen LogP contribution in [0.4, 0.5) is 10.5 Å². The molecule has 0 saturated carbocycles. The molecule has 1 atom stereocenters. The lowest BCUT2D eigenvalue weighted by Gasteiger charge is -2.22. The lowest BCUT2D eigenvalue weighted by atomic mass is 9.96. The summed E-state index contributed by atoms with van der Waals surface area (Å²) < 4.78 is 5.12. The van der Waals surface area contributed by atoms with Crippen molar-refractivity contribution < 1.29 is 9.53 Å². The van der Waals surface area contributed by atoms with E-state index in [4.69, 9.17) is 4.74 Å². The quantitative estimate of drug-likeness (QED) is 0.773. The number of methoxy groups -OCH3 is 1. The van der Waals surface area contributed by atoms with Gasteiger partial charge in [-0.2, -0.15) is 0 Å². The highest BCUT2D eigenvalue weighted by molar-refractivity contribution is 5.89. The van der Waals surface area contributed by atoms with Crippen LogP contribution in [0.3, 0.4) is 0 Å². The minimum atomic E-state index is -0.165. The fourth-order valence-electron chi connectivity index (χ4n) is 2.44. The zero-order valence-electron chi connectivity index (χ0n) is 11.9. The number of ether oxygens (including phenoxy) is 1. The summed E-state index contributed by atoms with van der Waals surface area (Å²) in [5, 5.41) is 9.09. The van der Waals surface area contributed by atoms with Crippen LogP contribution < -0.4 is 20.7 Å². The molecule has 2 amide bonds. The van der Waals surface area contributed by atoms with Crippen molar-refractivity contribution in [3.63, 3.8) is 0 Å². The standard InChI is InChI=1S/C15H23N3O2/c1-20-14-6-2-5-13(10-14)18-15(19)17-9-7-12-4-3-8-16-11-12/h2,5-6,10,12,16H,3-4,7-9,11H2,1H3,(H2,17,18,19). The van der Waals surface area contributed by atoms with Crippen LogP contribution in [0.1, 0.15) is 19.3 Å². The average Bonchev–Trinajstić information content (AvgIpc) is 2.48. The van der Waals surface area contributed by atoms with E-state index in [0.29, 0.717) is 12.5 Å². The zero-order valence-corrected chi connectivity index (χ0v) is 11.9. The Balaban J connectivity index is 1.69. The second-order valence-corrected chi connectivity index (χ2v) is 5.11. The van der Waals surface area contributed by atoms with E-state index >= 15 is 0 Å². The topological polar surface area (TPSA) is 62.4 Å². The Kier molecular flexibility index (Phi) is 5.68. The fraction of sp³-hybridized carbons (Fsp3) is 0.533. The first-order valence-electron chi connectivity index (χ1n) is 7.17. The highest BCUT2D eigenvalue weighted by Gasteiger charge is 2.12. The molecule has 2 rings (SSSR count). The second kappa shape index (κ2) is 7.75. The minimum absolute atomic E-state index is 0.165. The molecule has 1 aliphatic rings. The summed E-state index contributed by atoms with van der Waals surface area (Å²) in [5.74, 6) is 1.41. The van der Waals surface area contributed by atoms with Crippen molar-refractivity contribution in [3.8, 4) is 5.75 Å². The van der Waals surface area contributed by atoms with Crippen LogP contribution >= 0.6 is 0 Å². The first kappa shape index (κ1) is 14.7. The first-order valence-corrected chi connectivity index (χ1v) is 7.17. The summed E-state index contributed by atoms with van der Waals surface area (Å²) in [7, 11) is 1.61. The lowest BCUT2D eigenvalue weighted by Crippen LogP contribution is -2.34. The molecule has 1 saturated heterocycles. The van der Waals surface area contributed by atoms with Gasteiger partial charge >= 0.3 is 6.03 Å². The van der Waals surface area contributed by atoms with Crippen molar-refractivity contribution in [1.82, 2.24) is 10.6 Å². The van der Waals surface area contributed by atoms with Crippen LogP contribution in [0, 0.1) is 5.92 Å². The number of hydrogen-bond donors (Lipinski definition) is 3. The van der Waals surface area contributed by atoms with Crippen LogP contribution in [-0.4, -0.2) is 32.8 Å². The molecule has 5 nitrogen and oxygen atoms in total. The molecule has 0 spiro atoms. The van der Waals surface area contributed by atoms with E-state index in [9.17, 15) is 4.79 Å². The lowest BCUT2D eigenvalue weighted by molar-refractivity contribution is 0.250. The molecular weight excluding hydrogens is 254 g/mol. The van der Waals surface area contributed by atoms with Crippen LogP contribution in [0.25, 0.3) is 0 Å². The predicted molar refractivity (Wildman–Crippen MR) is 80.2 cm³/mol. The van der Waals surface area contributed by atoms with Crippen LogP contribution in [0.2, 0.25) is 0 Å². The van der Waals surface area contributed by atoms with Gasteiger partial charge in [0.05, 0.1) is 7.11 Å². The van der Waals surface area contributed by atoms with E-state index in [1.54, 1.807) is 13.2 Å². The van der Waals surface area contributed by atoms with Gasteiger partial charge in [0.2, 0.25) is 0 Å². The van der Waals surface area contributed by atoms with Crippen molar-refractivity contribution in [2.24, 2.45) is 5.92 Å². The van der Waals surface area contributed by atoms with Crippen LogP contribution in [0.15, 0.2) is 24.3 Å². The number of urea groups is 1. The summed E-state index contributed by atoms with van der Waals surface area (Å²) in [5.41, 5.74) is 0.737. The summed E-state index contributed by atoms with van der Waals surface area (Å²) in [6.45, 7) is 2.90. The van der Waals surface area contributed by atoms with E-state index in [-0.39, 0.29) is 6.03 Å². The molecule has 1 heterocycles. The molecule has 0 bridgehead atoms. The maximum Gasteiger partial charge on any atom is 0.319 e. The van der Waals surface area contributed by atoms with Crippen LogP contribution in [-0.2, 0) is 0 Å². The number of anilines is 1. The molecule has 0 aliphatic carbocycles. The molecule has 1 fully saturated rings. The van der Waals surface area contributed by atoms with Gasteiger partial charge in [0.25, 0.3) is 0 Å². The first-order chi connectivity index (χ1) is 9.78. The molecule has 5 heteroatoms. The van der Waals surface area contributed by atoms with Gasteiger partial charge in [0.15, 0.2) is 0 Å². The van der Waals surface area contributed by atoms with Gasteiger partial charge < -0.3 is 20.7 Å². The molecule has 110 valence electrons. The molecule has 3 N–H and O–H groups in total. The molecule has 0 aromatic heterocycles. The third-order valence-electron chi connectivity index (χ3n) is 3.56. The predicted octanol–water partition coefficient (Wildman–Crippen LogP) is 2.21. The smallest absolute Gasteiger partial charge is 0.319 e. The Hall–Kier alpha value is -1.75. The molecule has 0 radical (unpaired) electrons. The Morgan fingerprint density at radius 1 is 1.50 bits per heavy atom. The third-order valence-corrected chi connectivity index (χ3v) is 3.56. The number of rotatable bonds is 5. The Morgan fingerprint density at radius 2 is 2.40 bits per heavy atom. The number of benzene rings is 1. The second-order valence-electron chi connectivity index (χ2n) is 5.11. The summed E-state index contributed by atoms with van der Waals surface area (Å²) in [4.78, 5) is 11.8. The van der Waals surface area contributed by atoms with E-state index < -0.39 is 0 Å².